The van der Waals surface area contributed by atoms with E-state index in [9.17, 15) is 10.1 Å². The van der Waals surface area contributed by atoms with Crippen molar-refractivity contribution in [3.05, 3.63) is 40.2 Å². The van der Waals surface area contributed by atoms with Crippen molar-refractivity contribution in [2.45, 2.75) is 6.92 Å². The van der Waals surface area contributed by atoms with Gasteiger partial charge >= 0.3 is 5.69 Å². The second-order valence-corrected chi connectivity index (χ2v) is 6.39. The Morgan fingerprint density at radius 1 is 1.29 bits per heavy atom. The minimum absolute atomic E-state index is 0.109. The van der Waals surface area contributed by atoms with Gasteiger partial charge < -0.3 is 20.1 Å². The van der Waals surface area contributed by atoms with E-state index in [-0.39, 0.29) is 17.3 Å². The summed E-state index contributed by atoms with van der Waals surface area (Å²) in [5.74, 6) is 0.862. The molecule has 0 atom stereocenters. The molecule has 1 aromatic heterocycles. The van der Waals surface area contributed by atoms with Crippen LogP contribution in [0.15, 0.2) is 24.5 Å². The maximum atomic E-state index is 11.7. The van der Waals surface area contributed by atoms with Crippen LogP contribution in [0.2, 0.25) is 0 Å². The summed E-state index contributed by atoms with van der Waals surface area (Å²) in [4.78, 5) is 21.6. The molecular weight excluding hydrogens is 364 g/mol. The lowest BCUT2D eigenvalue weighted by Crippen LogP contribution is -2.39. The van der Waals surface area contributed by atoms with E-state index in [1.807, 2.05) is 19.1 Å². The number of ether oxygens (including phenoxy) is 2. The number of morpholine rings is 1. The number of aryl methyl sites for hydroxylation is 1. The van der Waals surface area contributed by atoms with Crippen molar-refractivity contribution >= 4 is 23.0 Å². The van der Waals surface area contributed by atoms with Crippen LogP contribution in [0.3, 0.4) is 0 Å². The Morgan fingerprint density at radius 3 is 2.75 bits per heavy atom. The van der Waals surface area contributed by atoms with Crippen LogP contribution >= 0.6 is 0 Å². The number of methoxy groups -OCH3 is 1. The molecule has 10 nitrogen and oxygen atoms in total. The van der Waals surface area contributed by atoms with Gasteiger partial charge in [-0.3, -0.25) is 15.0 Å². The lowest BCUT2D eigenvalue weighted by Gasteiger charge is -2.26. The fraction of sp³-hybridized carbons (Fsp3) is 0.444. The summed E-state index contributed by atoms with van der Waals surface area (Å²) < 4.78 is 10.7. The zero-order valence-electron chi connectivity index (χ0n) is 16.0. The van der Waals surface area contributed by atoms with Gasteiger partial charge in [0, 0.05) is 26.2 Å². The van der Waals surface area contributed by atoms with Crippen LogP contribution in [-0.4, -0.2) is 66.3 Å². The second kappa shape index (κ2) is 9.29. The first kappa shape index (κ1) is 19.8. The molecule has 1 saturated heterocycles. The minimum Gasteiger partial charge on any atom is -0.495 e. The van der Waals surface area contributed by atoms with Gasteiger partial charge in [0.05, 0.1) is 30.9 Å². The molecule has 0 unspecified atom stereocenters. The first-order valence-corrected chi connectivity index (χ1v) is 9.03. The molecule has 3 rings (SSSR count). The van der Waals surface area contributed by atoms with Crippen molar-refractivity contribution in [2.24, 2.45) is 0 Å². The molecule has 0 spiro atoms. The molecule has 0 saturated carbocycles. The Labute approximate surface area is 163 Å². The smallest absolute Gasteiger partial charge is 0.353 e. The number of aromatic nitrogens is 2. The van der Waals surface area contributed by atoms with Gasteiger partial charge in [-0.15, -0.1) is 0 Å². The van der Waals surface area contributed by atoms with Crippen molar-refractivity contribution < 1.29 is 14.4 Å². The summed E-state index contributed by atoms with van der Waals surface area (Å²) >= 11 is 0. The Hall–Kier alpha value is -2.98. The fourth-order valence-electron chi connectivity index (χ4n) is 2.98. The van der Waals surface area contributed by atoms with E-state index < -0.39 is 4.92 Å². The number of anilines is 3. The van der Waals surface area contributed by atoms with Crippen LogP contribution in [-0.2, 0) is 4.74 Å². The van der Waals surface area contributed by atoms with Gasteiger partial charge in [-0.2, -0.15) is 0 Å². The standard InChI is InChI=1S/C18H24N6O4/c1-13-3-4-15(27-2)14(11-13)22-18-16(24(25)26)17(20-12-21-18)19-5-6-23-7-9-28-10-8-23/h3-4,11-12H,5-10H2,1-2H3,(H2,19,20,21,22). The Balaban J connectivity index is 1.77. The summed E-state index contributed by atoms with van der Waals surface area (Å²) in [6.07, 6.45) is 1.30. The summed E-state index contributed by atoms with van der Waals surface area (Å²) in [6.45, 7) is 6.34. The van der Waals surface area contributed by atoms with E-state index in [4.69, 9.17) is 9.47 Å². The predicted octanol–water partition coefficient (Wildman–Crippen LogP) is 2.19. The highest BCUT2D eigenvalue weighted by molar-refractivity contribution is 5.76. The van der Waals surface area contributed by atoms with Gasteiger partial charge in [0.2, 0.25) is 11.6 Å². The van der Waals surface area contributed by atoms with E-state index in [0.717, 1.165) is 25.2 Å². The van der Waals surface area contributed by atoms with Gasteiger partial charge in [-0.1, -0.05) is 6.07 Å². The predicted molar refractivity (Wildman–Crippen MR) is 105 cm³/mol. The van der Waals surface area contributed by atoms with Crippen molar-refractivity contribution in [3.8, 4) is 5.75 Å². The van der Waals surface area contributed by atoms with Gasteiger partial charge in [-0.05, 0) is 24.6 Å². The first-order chi connectivity index (χ1) is 13.6. The first-order valence-electron chi connectivity index (χ1n) is 9.03. The monoisotopic (exact) mass is 388 g/mol. The summed E-state index contributed by atoms with van der Waals surface area (Å²) in [5, 5.41) is 17.8. The minimum atomic E-state index is -0.484. The average Bonchev–Trinajstić information content (AvgIpc) is 2.69. The molecule has 1 aliphatic rings. The van der Waals surface area contributed by atoms with Crippen LogP contribution in [0.5, 0.6) is 5.75 Å². The van der Waals surface area contributed by atoms with E-state index >= 15 is 0 Å². The van der Waals surface area contributed by atoms with E-state index in [2.05, 4.69) is 25.5 Å². The Kier molecular flexibility index (Phi) is 6.56. The number of nitro groups is 1. The second-order valence-electron chi connectivity index (χ2n) is 6.39. The van der Waals surface area contributed by atoms with Crippen molar-refractivity contribution in [3.63, 3.8) is 0 Å². The highest BCUT2D eigenvalue weighted by Crippen LogP contribution is 2.34. The molecule has 0 bridgehead atoms. The van der Waals surface area contributed by atoms with E-state index in [1.54, 1.807) is 13.2 Å². The molecule has 2 N–H and O–H groups in total. The lowest BCUT2D eigenvalue weighted by atomic mass is 10.2. The molecule has 1 aliphatic heterocycles. The van der Waals surface area contributed by atoms with Crippen LogP contribution in [0.4, 0.5) is 23.0 Å². The third-order valence-corrected chi connectivity index (χ3v) is 4.44. The summed E-state index contributed by atoms with van der Waals surface area (Å²) in [7, 11) is 1.54. The highest BCUT2D eigenvalue weighted by atomic mass is 16.6. The Bertz CT molecular complexity index is 826. The molecule has 150 valence electrons. The third kappa shape index (κ3) is 4.84. The summed E-state index contributed by atoms with van der Waals surface area (Å²) in [5.41, 5.74) is 1.39. The number of benzene rings is 1. The molecule has 0 radical (unpaired) electrons. The van der Waals surface area contributed by atoms with Crippen LogP contribution in [0.1, 0.15) is 5.56 Å². The molecule has 2 aromatic rings. The molecular formula is C18H24N6O4. The zero-order valence-corrected chi connectivity index (χ0v) is 16.0. The van der Waals surface area contributed by atoms with Gasteiger partial charge in [0.15, 0.2) is 0 Å². The number of nitrogens with one attached hydrogen (secondary N) is 2. The normalized spacial score (nSPS) is 14.5. The van der Waals surface area contributed by atoms with Crippen LogP contribution < -0.4 is 15.4 Å². The molecule has 1 aromatic carbocycles. The van der Waals surface area contributed by atoms with Crippen molar-refractivity contribution in [1.29, 1.82) is 0 Å². The number of hydrogen-bond donors (Lipinski definition) is 2. The van der Waals surface area contributed by atoms with Crippen molar-refractivity contribution in [1.82, 2.24) is 14.9 Å². The number of rotatable bonds is 8. The fourth-order valence-corrected chi connectivity index (χ4v) is 2.98. The maximum Gasteiger partial charge on any atom is 0.353 e. The number of nitrogens with zero attached hydrogens (tertiary/aromatic N) is 4. The van der Waals surface area contributed by atoms with Gasteiger partial charge in [-0.25, -0.2) is 9.97 Å². The Morgan fingerprint density at radius 2 is 2.04 bits per heavy atom. The molecule has 1 fully saturated rings. The quantitative estimate of drug-likeness (QED) is 0.518. The van der Waals surface area contributed by atoms with E-state index in [0.29, 0.717) is 31.2 Å². The van der Waals surface area contributed by atoms with Crippen LogP contribution in [0.25, 0.3) is 0 Å². The molecule has 28 heavy (non-hydrogen) atoms. The highest BCUT2D eigenvalue weighted by Gasteiger charge is 2.24. The SMILES string of the molecule is COc1ccc(C)cc1Nc1ncnc(NCCN2CCOCC2)c1[N+](=O)[O-]. The average molecular weight is 388 g/mol. The lowest BCUT2D eigenvalue weighted by molar-refractivity contribution is -0.383. The third-order valence-electron chi connectivity index (χ3n) is 4.44. The van der Waals surface area contributed by atoms with E-state index in [1.165, 1.54) is 6.33 Å². The molecule has 10 heteroatoms. The summed E-state index contributed by atoms with van der Waals surface area (Å²) in [6, 6.07) is 5.54. The topological polar surface area (TPSA) is 115 Å². The maximum absolute atomic E-state index is 11.7. The van der Waals surface area contributed by atoms with Crippen LogP contribution in [0, 0.1) is 17.0 Å². The zero-order chi connectivity index (χ0) is 19.9. The number of hydrogen-bond acceptors (Lipinski definition) is 9. The van der Waals surface area contributed by atoms with Gasteiger partial charge in [0.1, 0.15) is 12.1 Å². The van der Waals surface area contributed by atoms with Crippen molar-refractivity contribution in [2.75, 3.05) is 57.1 Å². The largest absolute Gasteiger partial charge is 0.495 e. The molecule has 0 aliphatic carbocycles. The van der Waals surface area contributed by atoms with Gasteiger partial charge in [0.25, 0.3) is 0 Å². The molecule has 2 heterocycles. The molecule has 0 amide bonds.